The van der Waals surface area contributed by atoms with Gasteiger partial charge in [0.2, 0.25) is 0 Å². The first-order valence-corrected chi connectivity index (χ1v) is 9.55. The highest BCUT2D eigenvalue weighted by Gasteiger charge is 2.52. The predicted octanol–water partition coefficient (Wildman–Crippen LogP) is 3.63. The molecule has 138 valence electrons. The van der Waals surface area contributed by atoms with Crippen LogP contribution in [0.4, 0.5) is 0 Å². The molecule has 1 spiro atoms. The molecule has 2 aromatic carbocycles. The zero-order chi connectivity index (χ0) is 18.4. The number of nitrogens with zero attached hydrogens (tertiary/aromatic N) is 1. The molecule has 2 unspecified atom stereocenters. The van der Waals surface area contributed by atoms with Gasteiger partial charge in [-0.05, 0) is 29.7 Å². The first kappa shape index (κ1) is 16.6. The second-order valence-electron chi connectivity index (χ2n) is 7.73. The Balaban J connectivity index is 1.58. The molecule has 0 fully saturated rings. The van der Waals surface area contributed by atoms with Gasteiger partial charge in [0, 0.05) is 31.6 Å². The summed E-state index contributed by atoms with van der Waals surface area (Å²) >= 11 is 0. The zero-order valence-corrected chi connectivity index (χ0v) is 15.5. The second-order valence-corrected chi connectivity index (χ2v) is 7.73. The Morgan fingerprint density at radius 1 is 1.22 bits per heavy atom. The number of hydrogen-bond donors (Lipinski definition) is 0. The third-order valence-electron chi connectivity index (χ3n) is 6.17. The fourth-order valence-corrected chi connectivity index (χ4v) is 4.85. The summed E-state index contributed by atoms with van der Waals surface area (Å²) in [6, 6.07) is 14.8. The quantitative estimate of drug-likeness (QED) is 0.837. The second kappa shape index (κ2) is 6.24. The number of hydrogen-bond acceptors (Lipinski definition) is 4. The molecule has 2 atom stereocenters. The lowest BCUT2D eigenvalue weighted by Crippen LogP contribution is -2.41. The third kappa shape index (κ3) is 2.59. The Morgan fingerprint density at radius 2 is 2.07 bits per heavy atom. The van der Waals surface area contributed by atoms with E-state index in [1.807, 2.05) is 6.07 Å². The Labute approximate surface area is 159 Å². The highest BCUT2D eigenvalue weighted by Crippen LogP contribution is 2.55. The van der Waals surface area contributed by atoms with Gasteiger partial charge in [-0.1, -0.05) is 42.5 Å². The number of rotatable bonds is 3. The van der Waals surface area contributed by atoms with Crippen molar-refractivity contribution < 1.29 is 14.3 Å². The van der Waals surface area contributed by atoms with Gasteiger partial charge in [-0.25, -0.2) is 0 Å². The van der Waals surface area contributed by atoms with Crippen LogP contribution in [0.1, 0.15) is 29.5 Å². The van der Waals surface area contributed by atoms with Crippen molar-refractivity contribution in [2.45, 2.75) is 37.5 Å². The molecule has 0 aromatic heterocycles. The van der Waals surface area contributed by atoms with Crippen LogP contribution in [0.5, 0.6) is 11.5 Å². The van der Waals surface area contributed by atoms with Gasteiger partial charge in [-0.2, -0.15) is 0 Å². The van der Waals surface area contributed by atoms with Gasteiger partial charge in [0.05, 0.1) is 12.5 Å². The molecule has 5 rings (SSSR count). The van der Waals surface area contributed by atoms with Crippen LogP contribution in [0, 0.1) is 0 Å². The lowest BCUT2D eigenvalue weighted by molar-refractivity contribution is -0.117. The molecule has 0 amide bonds. The van der Waals surface area contributed by atoms with Crippen molar-refractivity contribution in [1.29, 1.82) is 0 Å². The van der Waals surface area contributed by atoms with Crippen LogP contribution < -0.4 is 9.47 Å². The molecule has 2 heterocycles. The first-order chi connectivity index (χ1) is 13.2. The van der Waals surface area contributed by atoms with Crippen LogP contribution in [0.3, 0.4) is 0 Å². The summed E-state index contributed by atoms with van der Waals surface area (Å²) in [4.78, 5) is 14.5. The fourth-order valence-electron chi connectivity index (χ4n) is 4.85. The molecule has 0 saturated carbocycles. The molecule has 27 heavy (non-hydrogen) atoms. The topological polar surface area (TPSA) is 38.8 Å². The van der Waals surface area contributed by atoms with Crippen LogP contribution in [0.15, 0.2) is 54.6 Å². The molecule has 0 radical (unpaired) electrons. The van der Waals surface area contributed by atoms with E-state index in [1.54, 1.807) is 13.2 Å². The van der Waals surface area contributed by atoms with Crippen molar-refractivity contribution in [2.24, 2.45) is 0 Å². The summed E-state index contributed by atoms with van der Waals surface area (Å²) in [5.41, 5.74) is 3.60. The van der Waals surface area contributed by atoms with Crippen LogP contribution in [0.25, 0.3) is 0 Å². The minimum atomic E-state index is -0.224. The lowest BCUT2D eigenvalue weighted by Gasteiger charge is -2.33. The van der Waals surface area contributed by atoms with Gasteiger partial charge < -0.3 is 9.47 Å². The molecule has 0 N–H and O–H groups in total. The summed E-state index contributed by atoms with van der Waals surface area (Å²) in [5, 5.41) is 0. The summed E-state index contributed by atoms with van der Waals surface area (Å²) in [7, 11) is 1.68. The van der Waals surface area contributed by atoms with E-state index in [4.69, 9.17) is 9.47 Å². The Morgan fingerprint density at radius 3 is 2.89 bits per heavy atom. The number of carbonyl (C=O) groups excluding carboxylic acids is 1. The number of allylic oxidation sites excluding steroid dienone is 1. The smallest absolute Gasteiger partial charge is 0.166 e. The van der Waals surface area contributed by atoms with E-state index < -0.39 is 0 Å². The summed E-state index contributed by atoms with van der Waals surface area (Å²) < 4.78 is 11.9. The molecular weight excluding hydrogens is 338 g/mol. The largest absolute Gasteiger partial charge is 0.493 e. The average Bonchev–Trinajstić information content (AvgIpc) is 2.93. The molecule has 0 bridgehead atoms. The minimum Gasteiger partial charge on any atom is -0.493 e. The average molecular weight is 361 g/mol. The lowest BCUT2D eigenvalue weighted by atomic mass is 9.69. The maximum absolute atomic E-state index is 12.1. The molecule has 2 aliphatic heterocycles. The van der Waals surface area contributed by atoms with E-state index in [2.05, 4.69) is 47.4 Å². The van der Waals surface area contributed by atoms with Gasteiger partial charge in [0.25, 0.3) is 0 Å². The van der Waals surface area contributed by atoms with Crippen molar-refractivity contribution in [3.63, 3.8) is 0 Å². The van der Waals surface area contributed by atoms with Crippen molar-refractivity contribution in [1.82, 2.24) is 4.90 Å². The third-order valence-corrected chi connectivity index (χ3v) is 6.17. The van der Waals surface area contributed by atoms with Crippen LogP contribution in [-0.4, -0.2) is 30.4 Å². The van der Waals surface area contributed by atoms with Gasteiger partial charge in [0.15, 0.2) is 17.3 Å². The van der Waals surface area contributed by atoms with Crippen molar-refractivity contribution in [3.8, 4) is 11.5 Å². The number of benzene rings is 2. The standard InChI is InChI=1S/C23H23NO3/c1-26-19-8-7-17-15-24(14-16-5-3-2-4-6-16)12-11-23-10-9-18(25)13-20(23)27-22(19)21(17)23/h2-10,20H,11-15H2,1H3. The van der Waals surface area contributed by atoms with E-state index in [9.17, 15) is 4.79 Å². The van der Waals surface area contributed by atoms with E-state index in [0.717, 1.165) is 37.6 Å². The fraction of sp³-hybridized carbons (Fsp3) is 0.348. The van der Waals surface area contributed by atoms with Gasteiger partial charge in [-0.3, -0.25) is 9.69 Å². The maximum Gasteiger partial charge on any atom is 0.166 e. The molecule has 4 heteroatoms. The maximum atomic E-state index is 12.1. The molecule has 2 aromatic rings. The minimum absolute atomic E-state index is 0.128. The van der Waals surface area contributed by atoms with E-state index in [-0.39, 0.29) is 17.3 Å². The highest BCUT2D eigenvalue weighted by atomic mass is 16.5. The van der Waals surface area contributed by atoms with Crippen LogP contribution in [0.2, 0.25) is 0 Å². The van der Waals surface area contributed by atoms with E-state index in [0.29, 0.717) is 6.42 Å². The predicted molar refractivity (Wildman–Crippen MR) is 103 cm³/mol. The molecule has 3 aliphatic rings. The van der Waals surface area contributed by atoms with Gasteiger partial charge >= 0.3 is 0 Å². The first-order valence-electron chi connectivity index (χ1n) is 9.55. The monoisotopic (exact) mass is 361 g/mol. The Hall–Kier alpha value is -2.59. The van der Waals surface area contributed by atoms with Gasteiger partial charge in [0.1, 0.15) is 6.10 Å². The summed E-state index contributed by atoms with van der Waals surface area (Å²) in [6.45, 7) is 2.76. The molecular formula is C23H23NO3. The number of methoxy groups -OCH3 is 1. The zero-order valence-electron chi connectivity index (χ0n) is 15.5. The Kier molecular flexibility index (Phi) is 3.83. The molecule has 4 nitrogen and oxygen atoms in total. The van der Waals surface area contributed by atoms with E-state index >= 15 is 0 Å². The summed E-state index contributed by atoms with van der Waals surface area (Å²) in [5.74, 6) is 1.74. The number of ether oxygens (including phenoxy) is 2. The summed E-state index contributed by atoms with van der Waals surface area (Å²) in [6.07, 6.45) is 5.11. The van der Waals surface area contributed by atoms with Crippen LogP contribution in [-0.2, 0) is 23.3 Å². The van der Waals surface area contributed by atoms with Crippen molar-refractivity contribution in [2.75, 3.05) is 13.7 Å². The van der Waals surface area contributed by atoms with Gasteiger partial charge in [-0.15, -0.1) is 0 Å². The normalized spacial score (nSPS) is 26.1. The van der Waals surface area contributed by atoms with Crippen LogP contribution >= 0.6 is 0 Å². The van der Waals surface area contributed by atoms with Crippen molar-refractivity contribution in [3.05, 3.63) is 71.3 Å². The molecule has 1 aliphatic carbocycles. The SMILES string of the molecule is COc1ccc2c3c1OC1CC(=O)C=CC31CCN(Cc1ccccc1)C2. The Bertz CT molecular complexity index is 921. The number of ketones is 1. The molecule has 0 saturated heterocycles. The number of carbonyl (C=O) groups is 1. The van der Waals surface area contributed by atoms with Crippen molar-refractivity contribution >= 4 is 5.78 Å². The van der Waals surface area contributed by atoms with E-state index in [1.165, 1.54) is 16.7 Å². The highest BCUT2D eigenvalue weighted by molar-refractivity contribution is 5.92.